The molecule has 0 bridgehead atoms. The summed E-state index contributed by atoms with van der Waals surface area (Å²) < 4.78 is 10.6. The van der Waals surface area contributed by atoms with Crippen LogP contribution in [0.2, 0.25) is 0 Å². The lowest BCUT2D eigenvalue weighted by Gasteiger charge is -2.21. The zero-order valence-corrected chi connectivity index (χ0v) is 21.1. The zero-order chi connectivity index (χ0) is 24.5. The maximum absolute atomic E-state index is 6.32. The number of imidazole rings is 2. The van der Waals surface area contributed by atoms with Crippen molar-refractivity contribution in [2.45, 2.75) is 52.4 Å². The van der Waals surface area contributed by atoms with E-state index in [2.05, 4.69) is 111 Å². The molecule has 0 aliphatic carbocycles. The van der Waals surface area contributed by atoms with E-state index in [1.807, 2.05) is 12.4 Å². The van der Waals surface area contributed by atoms with Crippen LogP contribution in [0.1, 0.15) is 52.9 Å². The molecule has 0 spiro atoms. The highest BCUT2D eigenvalue weighted by Gasteiger charge is 2.23. The lowest BCUT2D eigenvalue weighted by Crippen LogP contribution is -2.16. The molecule has 0 amide bonds. The van der Waals surface area contributed by atoms with E-state index in [1.54, 1.807) is 0 Å². The fourth-order valence-corrected chi connectivity index (χ4v) is 4.91. The monoisotopic (exact) mass is 462 g/mol. The Bertz CT molecular complexity index is 1610. The first-order valence-electron chi connectivity index (χ1n) is 12.1. The Morgan fingerprint density at radius 2 is 1.00 bits per heavy atom. The van der Waals surface area contributed by atoms with Crippen LogP contribution in [0, 0.1) is 0 Å². The quantitative estimate of drug-likeness (QED) is 0.265. The number of hydrogen-bond donors (Lipinski definition) is 0. The molecule has 4 heterocycles. The van der Waals surface area contributed by atoms with Crippen molar-refractivity contribution in [1.29, 1.82) is 0 Å². The Labute approximate surface area is 205 Å². The molecular weight excluding hydrogens is 432 g/mol. The van der Waals surface area contributed by atoms with Gasteiger partial charge in [0, 0.05) is 33.0 Å². The number of fused-ring (bicyclic) bond motifs is 6. The van der Waals surface area contributed by atoms with E-state index in [-0.39, 0.29) is 10.8 Å². The molecule has 0 radical (unpaired) electrons. The van der Waals surface area contributed by atoms with Crippen molar-refractivity contribution in [2.24, 2.45) is 0 Å². The van der Waals surface area contributed by atoms with Gasteiger partial charge < -0.3 is 4.74 Å². The molecule has 0 unspecified atom stereocenters. The average molecular weight is 463 g/mol. The number of ether oxygens (including phenoxy) is 1. The minimum Gasteiger partial charge on any atom is -0.417 e. The number of rotatable bonds is 2. The van der Waals surface area contributed by atoms with Gasteiger partial charge in [0.2, 0.25) is 11.8 Å². The van der Waals surface area contributed by atoms with Crippen molar-refractivity contribution in [1.82, 2.24) is 18.8 Å². The molecule has 4 aromatic heterocycles. The SMILES string of the molecule is CC(C)(C)c1cc2ccccc2c2nc(Oc3cn4c(C(C)(C)C)cc5ccccc5c4n3)cn12. The summed E-state index contributed by atoms with van der Waals surface area (Å²) in [5, 5.41) is 4.56. The van der Waals surface area contributed by atoms with Crippen LogP contribution in [0.3, 0.4) is 0 Å². The Morgan fingerprint density at radius 3 is 1.40 bits per heavy atom. The predicted molar refractivity (Wildman–Crippen MR) is 143 cm³/mol. The maximum atomic E-state index is 6.32. The largest absolute Gasteiger partial charge is 0.417 e. The molecule has 0 aliphatic heterocycles. The van der Waals surface area contributed by atoms with Gasteiger partial charge >= 0.3 is 0 Å². The summed E-state index contributed by atoms with van der Waals surface area (Å²) in [6, 6.07) is 21.2. The van der Waals surface area contributed by atoms with Gasteiger partial charge in [0.15, 0.2) is 0 Å². The Morgan fingerprint density at radius 1 is 0.600 bits per heavy atom. The van der Waals surface area contributed by atoms with Crippen LogP contribution >= 0.6 is 0 Å². The summed E-state index contributed by atoms with van der Waals surface area (Å²) in [7, 11) is 0. The van der Waals surface area contributed by atoms with Gasteiger partial charge in [-0.2, -0.15) is 9.97 Å². The summed E-state index contributed by atoms with van der Waals surface area (Å²) >= 11 is 0. The third-order valence-corrected chi connectivity index (χ3v) is 6.62. The predicted octanol–water partition coefficient (Wildman–Crippen LogP) is 7.68. The van der Waals surface area contributed by atoms with Gasteiger partial charge in [-0.05, 0) is 22.9 Å². The molecule has 0 aliphatic rings. The Hall–Kier alpha value is -3.86. The third kappa shape index (κ3) is 3.54. The fraction of sp³-hybridized carbons (Fsp3) is 0.267. The van der Waals surface area contributed by atoms with Crippen molar-refractivity contribution in [3.05, 3.63) is 84.4 Å². The summed E-state index contributed by atoms with van der Waals surface area (Å²) in [5.41, 5.74) is 4.06. The van der Waals surface area contributed by atoms with Crippen LogP contribution in [0.5, 0.6) is 11.8 Å². The minimum atomic E-state index is -0.0517. The van der Waals surface area contributed by atoms with Gasteiger partial charge in [-0.15, -0.1) is 0 Å². The summed E-state index contributed by atoms with van der Waals surface area (Å²) in [6.45, 7) is 13.3. The molecule has 0 saturated carbocycles. The van der Waals surface area contributed by atoms with E-state index in [0.29, 0.717) is 11.8 Å². The van der Waals surface area contributed by atoms with Crippen LogP contribution in [0.25, 0.3) is 32.8 Å². The van der Waals surface area contributed by atoms with E-state index in [1.165, 1.54) is 22.2 Å². The molecule has 35 heavy (non-hydrogen) atoms. The fourth-order valence-electron chi connectivity index (χ4n) is 4.91. The van der Waals surface area contributed by atoms with E-state index >= 15 is 0 Å². The normalized spacial score (nSPS) is 12.9. The molecule has 6 aromatic rings. The van der Waals surface area contributed by atoms with Crippen LogP contribution in [-0.2, 0) is 10.8 Å². The second-order valence-corrected chi connectivity index (χ2v) is 11.4. The highest BCUT2D eigenvalue weighted by atomic mass is 16.5. The summed E-state index contributed by atoms with van der Waals surface area (Å²) in [4.78, 5) is 9.81. The smallest absolute Gasteiger partial charge is 0.240 e. The average Bonchev–Trinajstić information content (AvgIpc) is 3.41. The zero-order valence-electron chi connectivity index (χ0n) is 21.1. The van der Waals surface area contributed by atoms with Gasteiger partial charge in [-0.1, -0.05) is 90.1 Å². The standard InChI is InChI=1S/C30H30N4O/c1-29(2,3)23-15-19-11-7-9-13-21(19)27-31-25(17-33(23)27)35-26-18-34-24(30(4,5)6)16-20-12-8-10-14-22(20)28(34)32-26/h7-18H,1-6H3. The van der Waals surface area contributed by atoms with Gasteiger partial charge in [-0.25, -0.2) is 0 Å². The van der Waals surface area contributed by atoms with Gasteiger partial charge in [0.1, 0.15) is 11.3 Å². The molecular formula is C30H30N4O. The lowest BCUT2D eigenvalue weighted by molar-refractivity contribution is 0.450. The molecule has 6 rings (SSSR count). The van der Waals surface area contributed by atoms with Crippen molar-refractivity contribution in [2.75, 3.05) is 0 Å². The lowest BCUT2D eigenvalue weighted by atomic mass is 9.90. The van der Waals surface area contributed by atoms with E-state index < -0.39 is 0 Å². The molecule has 2 aromatic carbocycles. The minimum absolute atomic E-state index is 0.0517. The first kappa shape index (κ1) is 21.7. The highest BCUT2D eigenvalue weighted by Crippen LogP contribution is 2.34. The molecule has 0 atom stereocenters. The topological polar surface area (TPSA) is 43.8 Å². The van der Waals surface area contributed by atoms with Crippen molar-refractivity contribution in [3.8, 4) is 11.8 Å². The maximum Gasteiger partial charge on any atom is 0.240 e. The first-order chi connectivity index (χ1) is 16.6. The molecule has 0 fully saturated rings. The first-order valence-corrected chi connectivity index (χ1v) is 12.1. The highest BCUT2D eigenvalue weighted by molar-refractivity contribution is 5.95. The molecule has 176 valence electrons. The van der Waals surface area contributed by atoms with Crippen LogP contribution in [0.4, 0.5) is 0 Å². The number of hydrogen-bond acceptors (Lipinski definition) is 3. The molecule has 0 N–H and O–H groups in total. The number of aromatic nitrogens is 4. The second kappa shape index (κ2) is 7.32. The third-order valence-electron chi connectivity index (χ3n) is 6.62. The number of benzene rings is 2. The molecule has 0 saturated heterocycles. The second-order valence-electron chi connectivity index (χ2n) is 11.4. The molecule has 5 heteroatoms. The van der Waals surface area contributed by atoms with Crippen LogP contribution < -0.4 is 4.74 Å². The van der Waals surface area contributed by atoms with Crippen LogP contribution in [0.15, 0.2) is 73.1 Å². The van der Waals surface area contributed by atoms with E-state index in [0.717, 1.165) is 22.1 Å². The van der Waals surface area contributed by atoms with E-state index in [4.69, 9.17) is 14.7 Å². The Kier molecular flexibility index (Phi) is 4.53. The number of pyridine rings is 2. The van der Waals surface area contributed by atoms with E-state index in [9.17, 15) is 0 Å². The summed E-state index contributed by atoms with van der Waals surface area (Å²) in [5.74, 6) is 1.08. The van der Waals surface area contributed by atoms with Crippen molar-refractivity contribution in [3.63, 3.8) is 0 Å². The molecule has 5 nitrogen and oxygen atoms in total. The summed E-state index contributed by atoms with van der Waals surface area (Å²) in [6.07, 6.45) is 3.96. The van der Waals surface area contributed by atoms with Crippen LogP contribution in [-0.4, -0.2) is 18.8 Å². The van der Waals surface area contributed by atoms with Crippen molar-refractivity contribution < 1.29 is 4.74 Å². The number of nitrogens with zero attached hydrogens (tertiary/aromatic N) is 4. The van der Waals surface area contributed by atoms with Crippen molar-refractivity contribution >= 4 is 32.8 Å². The van der Waals surface area contributed by atoms with Gasteiger partial charge in [0.25, 0.3) is 0 Å². The van der Waals surface area contributed by atoms with Gasteiger partial charge in [0.05, 0.1) is 12.4 Å². The Balaban J connectivity index is 1.54. The van der Waals surface area contributed by atoms with Gasteiger partial charge in [-0.3, -0.25) is 8.80 Å².